The molecule has 0 aliphatic carbocycles. The fraction of sp³-hybridized carbons (Fsp3) is 0.188. The predicted molar refractivity (Wildman–Crippen MR) is 86.9 cm³/mol. The maximum absolute atomic E-state index is 11.9. The van der Waals surface area contributed by atoms with Crippen molar-refractivity contribution in [3.05, 3.63) is 65.0 Å². The Kier molecular flexibility index (Phi) is 5.00. The average molecular weight is 299 g/mol. The lowest BCUT2D eigenvalue weighted by Gasteiger charge is -2.07. The van der Waals surface area contributed by atoms with Gasteiger partial charge in [0.05, 0.1) is 18.7 Å². The first-order valence-corrected chi connectivity index (χ1v) is 7.03. The van der Waals surface area contributed by atoms with E-state index in [4.69, 9.17) is 18.0 Å². The summed E-state index contributed by atoms with van der Waals surface area (Å²) in [7, 11) is 0. The Balaban J connectivity index is 1.90. The summed E-state index contributed by atoms with van der Waals surface area (Å²) in [5, 5.41) is 2.87. The molecule has 0 aliphatic rings. The first-order chi connectivity index (χ1) is 10.1. The van der Waals surface area contributed by atoms with Crippen molar-refractivity contribution >= 4 is 23.1 Å². The molecule has 0 unspecified atom stereocenters. The smallest absolute Gasteiger partial charge is 0.224 e. The summed E-state index contributed by atoms with van der Waals surface area (Å²) < 4.78 is 0. The lowest BCUT2D eigenvalue weighted by Crippen LogP contribution is -2.25. The average Bonchev–Trinajstić information content (AvgIpc) is 2.47. The standard InChI is InChI=1S/C16H17N3OS/c1-11-3-2-8-18-14(11)10-19-15(20)9-12-4-6-13(7-5-12)16(17)21/h2-8H,9-10H2,1H3,(H2,17,21)(H,19,20). The third-order valence-electron chi connectivity index (χ3n) is 3.17. The van der Waals surface area contributed by atoms with Crippen LogP contribution in [-0.2, 0) is 17.8 Å². The van der Waals surface area contributed by atoms with E-state index in [1.807, 2.05) is 43.3 Å². The zero-order chi connectivity index (χ0) is 15.2. The number of hydrogen-bond donors (Lipinski definition) is 2. The first kappa shape index (κ1) is 15.1. The number of benzene rings is 1. The van der Waals surface area contributed by atoms with E-state index in [1.165, 1.54) is 0 Å². The Hall–Kier alpha value is -2.27. The number of hydrogen-bond acceptors (Lipinski definition) is 3. The van der Waals surface area contributed by atoms with Gasteiger partial charge in [-0.3, -0.25) is 9.78 Å². The van der Waals surface area contributed by atoms with Gasteiger partial charge in [0.25, 0.3) is 0 Å². The molecule has 0 bridgehead atoms. The third-order valence-corrected chi connectivity index (χ3v) is 3.41. The van der Waals surface area contributed by atoms with Crippen LogP contribution in [0.4, 0.5) is 0 Å². The maximum atomic E-state index is 11.9. The number of carbonyl (C=O) groups excluding carboxylic acids is 1. The molecule has 21 heavy (non-hydrogen) atoms. The van der Waals surface area contributed by atoms with Gasteiger partial charge >= 0.3 is 0 Å². The second-order valence-corrected chi connectivity index (χ2v) is 5.22. The Bertz CT molecular complexity index is 653. The van der Waals surface area contributed by atoms with E-state index in [1.54, 1.807) is 6.20 Å². The number of amides is 1. The molecule has 1 heterocycles. The van der Waals surface area contributed by atoms with E-state index in [9.17, 15) is 4.79 Å². The van der Waals surface area contributed by atoms with Crippen molar-refractivity contribution in [3.63, 3.8) is 0 Å². The van der Waals surface area contributed by atoms with Gasteiger partial charge in [0.1, 0.15) is 4.99 Å². The van der Waals surface area contributed by atoms with E-state index >= 15 is 0 Å². The molecule has 1 aromatic carbocycles. The molecular formula is C16H17N3OS. The molecule has 1 amide bonds. The van der Waals surface area contributed by atoms with Crippen LogP contribution >= 0.6 is 12.2 Å². The first-order valence-electron chi connectivity index (χ1n) is 6.62. The number of nitrogens with two attached hydrogens (primary N) is 1. The lowest BCUT2D eigenvalue weighted by molar-refractivity contribution is -0.120. The van der Waals surface area contributed by atoms with Gasteiger partial charge < -0.3 is 11.1 Å². The van der Waals surface area contributed by atoms with Crippen LogP contribution in [0.5, 0.6) is 0 Å². The number of aryl methyl sites for hydroxylation is 1. The zero-order valence-electron chi connectivity index (χ0n) is 11.8. The van der Waals surface area contributed by atoms with Crippen LogP contribution in [-0.4, -0.2) is 15.9 Å². The predicted octanol–water partition coefficient (Wildman–Crippen LogP) is 1.88. The number of aromatic nitrogens is 1. The number of rotatable bonds is 5. The molecule has 0 spiro atoms. The highest BCUT2D eigenvalue weighted by molar-refractivity contribution is 7.80. The second kappa shape index (κ2) is 6.95. The monoisotopic (exact) mass is 299 g/mol. The minimum Gasteiger partial charge on any atom is -0.389 e. The van der Waals surface area contributed by atoms with Crippen LogP contribution in [0.15, 0.2) is 42.6 Å². The number of nitrogens with zero attached hydrogens (tertiary/aromatic N) is 1. The molecule has 3 N–H and O–H groups in total. The van der Waals surface area contributed by atoms with Gasteiger partial charge in [-0.05, 0) is 24.1 Å². The van der Waals surface area contributed by atoms with E-state index in [0.717, 1.165) is 22.4 Å². The molecule has 4 nitrogen and oxygen atoms in total. The topological polar surface area (TPSA) is 68.0 Å². The fourth-order valence-electron chi connectivity index (χ4n) is 1.92. The number of thiocarbonyl (C=S) groups is 1. The van der Waals surface area contributed by atoms with Gasteiger partial charge in [0, 0.05) is 11.8 Å². The van der Waals surface area contributed by atoms with E-state index in [2.05, 4.69) is 10.3 Å². The summed E-state index contributed by atoms with van der Waals surface area (Å²) in [6.07, 6.45) is 2.05. The lowest BCUT2D eigenvalue weighted by atomic mass is 10.1. The van der Waals surface area contributed by atoms with Crippen LogP contribution in [0.25, 0.3) is 0 Å². The molecule has 108 valence electrons. The fourth-order valence-corrected chi connectivity index (χ4v) is 2.06. The zero-order valence-corrected chi connectivity index (χ0v) is 12.6. The van der Waals surface area contributed by atoms with E-state index in [-0.39, 0.29) is 5.91 Å². The highest BCUT2D eigenvalue weighted by atomic mass is 32.1. The molecule has 0 saturated heterocycles. The van der Waals surface area contributed by atoms with Crippen molar-refractivity contribution in [2.45, 2.75) is 19.9 Å². The van der Waals surface area contributed by atoms with Gasteiger partial charge in [0.15, 0.2) is 0 Å². The molecule has 0 atom stereocenters. The molecule has 1 aromatic heterocycles. The molecular weight excluding hydrogens is 282 g/mol. The molecule has 0 fully saturated rings. The van der Waals surface area contributed by atoms with Crippen molar-refractivity contribution in [1.29, 1.82) is 0 Å². The molecule has 2 aromatic rings. The second-order valence-electron chi connectivity index (χ2n) is 4.78. The van der Waals surface area contributed by atoms with Crippen LogP contribution in [0.2, 0.25) is 0 Å². The number of pyridine rings is 1. The van der Waals surface area contributed by atoms with Crippen molar-refractivity contribution < 1.29 is 4.79 Å². The van der Waals surface area contributed by atoms with Gasteiger partial charge in [-0.1, -0.05) is 42.5 Å². The summed E-state index contributed by atoms with van der Waals surface area (Å²) in [5.74, 6) is -0.0388. The normalized spacial score (nSPS) is 10.1. The number of carbonyl (C=O) groups is 1. The largest absolute Gasteiger partial charge is 0.389 e. The number of nitrogens with one attached hydrogen (secondary N) is 1. The van der Waals surface area contributed by atoms with Crippen LogP contribution < -0.4 is 11.1 Å². The van der Waals surface area contributed by atoms with Crippen LogP contribution in [0, 0.1) is 6.92 Å². The molecule has 0 aliphatic heterocycles. The highest BCUT2D eigenvalue weighted by Gasteiger charge is 2.05. The minimum atomic E-state index is -0.0388. The third kappa shape index (κ3) is 4.36. The van der Waals surface area contributed by atoms with Crippen LogP contribution in [0.1, 0.15) is 22.4 Å². The Labute approximate surface area is 129 Å². The van der Waals surface area contributed by atoms with Gasteiger partial charge in [-0.25, -0.2) is 0 Å². The van der Waals surface area contributed by atoms with Gasteiger partial charge in [0.2, 0.25) is 5.91 Å². The highest BCUT2D eigenvalue weighted by Crippen LogP contribution is 2.06. The van der Waals surface area contributed by atoms with Gasteiger partial charge in [-0.15, -0.1) is 0 Å². The maximum Gasteiger partial charge on any atom is 0.224 e. The summed E-state index contributed by atoms with van der Waals surface area (Å²) in [5.41, 5.74) is 9.21. The Morgan fingerprint density at radius 2 is 2.00 bits per heavy atom. The Morgan fingerprint density at radius 3 is 2.62 bits per heavy atom. The summed E-state index contributed by atoms with van der Waals surface area (Å²) >= 11 is 4.89. The van der Waals surface area contributed by atoms with E-state index < -0.39 is 0 Å². The van der Waals surface area contributed by atoms with Crippen molar-refractivity contribution in [2.24, 2.45) is 5.73 Å². The van der Waals surface area contributed by atoms with Crippen molar-refractivity contribution in [2.75, 3.05) is 0 Å². The molecule has 0 radical (unpaired) electrons. The summed E-state index contributed by atoms with van der Waals surface area (Å²) in [4.78, 5) is 16.5. The van der Waals surface area contributed by atoms with Crippen molar-refractivity contribution in [3.8, 4) is 0 Å². The molecule has 5 heteroatoms. The van der Waals surface area contributed by atoms with Crippen molar-refractivity contribution in [1.82, 2.24) is 10.3 Å². The Morgan fingerprint density at radius 1 is 1.29 bits per heavy atom. The van der Waals surface area contributed by atoms with Gasteiger partial charge in [-0.2, -0.15) is 0 Å². The van der Waals surface area contributed by atoms with E-state index in [0.29, 0.717) is 18.0 Å². The SMILES string of the molecule is Cc1cccnc1CNC(=O)Cc1ccc(C(N)=S)cc1. The molecule has 2 rings (SSSR count). The summed E-state index contributed by atoms with van der Waals surface area (Å²) in [6, 6.07) is 11.2. The van der Waals surface area contributed by atoms with Crippen LogP contribution in [0.3, 0.4) is 0 Å². The quantitative estimate of drug-likeness (QED) is 0.827. The minimum absolute atomic E-state index is 0.0388. The summed E-state index contributed by atoms with van der Waals surface area (Å²) in [6.45, 7) is 2.42. The molecule has 0 saturated carbocycles.